The highest BCUT2D eigenvalue weighted by Gasteiger charge is 2.44. The van der Waals surface area contributed by atoms with E-state index in [0.29, 0.717) is 0 Å². The molecule has 116 valence electrons. The molecule has 1 saturated heterocycles. The highest BCUT2D eigenvalue weighted by molar-refractivity contribution is 5.88. The van der Waals surface area contributed by atoms with E-state index in [0.717, 1.165) is 11.0 Å². The highest BCUT2D eigenvalue weighted by atomic mass is 16.6. The van der Waals surface area contributed by atoms with E-state index in [-0.39, 0.29) is 12.4 Å². The fourth-order valence-electron chi connectivity index (χ4n) is 1.82. The minimum Gasteiger partial charge on any atom is -0.461 e. The lowest BCUT2D eigenvalue weighted by atomic mass is 10.1. The molecule has 11 heteroatoms. The molecule has 0 aliphatic carbocycles. The fraction of sp³-hybridized carbons (Fsp3) is 0.600. The zero-order valence-corrected chi connectivity index (χ0v) is 10.7. The van der Waals surface area contributed by atoms with E-state index in [1.807, 2.05) is 0 Å². The maximum absolute atomic E-state index is 10.9. The lowest BCUT2D eigenvalue weighted by Crippen LogP contribution is -2.34. The number of carbonyl (C=O) groups is 2. The number of nitrogens with two attached hydrogens (primary N) is 1. The van der Waals surface area contributed by atoms with Crippen LogP contribution in [0.15, 0.2) is 6.33 Å². The monoisotopic (exact) mass is 302 g/mol. The van der Waals surface area contributed by atoms with Gasteiger partial charge in [-0.05, 0) is 0 Å². The number of ether oxygens (including phenoxy) is 2. The van der Waals surface area contributed by atoms with Crippen LogP contribution in [-0.2, 0) is 14.3 Å². The Morgan fingerprint density at radius 3 is 2.71 bits per heavy atom. The standard InChI is InChI=1S/C10H14N4O7/c11-8(19)9-12-3-14(13-9)10-7(18)6(17)4(21-10)2-20-5(16)1-15/h3-4,6-7,10,15,17-18H,1-2H2,(H2,11,19)/t4-,6?,7-,10-/m1/s1. The number of aliphatic hydroxyl groups is 3. The maximum Gasteiger partial charge on any atom is 0.331 e. The Bertz CT molecular complexity index is 533. The second kappa shape index (κ2) is 6.13. The number of hydrogen-bond acceptors (Lipinski definition) is 9. The number of primary amides is 1. The van der Waals surface area contributed by atoms with Gasteiger partial charge in [0.15, 0.2) is 6.23 Å². The van der Waals surface area contributed by atoms with Crippen molar-refractivity contribution >= 4 is 11.9 Å². The summed E-state index contributed by atoms with van der Waals surface area (Å²) in [6.45, 7) is -1.16. The van der Waals surface area contributed by atoms with Crippen molar-refractivity contribution in [2.45, 2.75) is 24.5 Å². The first-order chi connectivity index (χ1) is 9.93. The van der Waals surface area contributed by atoms with Crippen LogP contribution in [0.2, 0.25) is 0 Å². The van der Waals surface area contributed by atoms with Gasteiger partial charge in [0.25, 0.3) is 5.91 Å². The minimum absolute atomic E-state index is 0.268. The van der Waals surface area contributed by atoms with Crippen LogP contribution in [0.3, 0.4) is 0 Å². The first kappa shape index (κ1) is 15.3. The second-order valence-electron chi connectivity index (χ2n) is 4.30. The number of nitrogens with zero attached hydrogens (tertiary/aromatic N) is 3. The molecular formula is C10H14N4O7. The number of amides is 1. The van der Waals surface area contributed by atoms with Crippen LogP contribution in [-0.4, -0.2) is 73.5 Å². The molecule has 1 aliphatic rings. The third-order valence-electron chi connectivity index (χ3n) is 2.86. The van der Waals surface area contributed by atoms with Crippen LogP contribution in [0.25, 0.3) is 0 Å². The van der Waals surface area contributed by atoms with E-state index in [4.69, 9.17) is 15.6 Å². The van der Waals surface area contributed by atoms with Crippen molar-refractivity contribution in [3.05, 3.63) is 12.2 Å². The third kappa shape index (κ3) is 3.16. The maximum atomic E-state index is 10.9. The normalized spacial score (nSPS) is 28.5. The summed E-state index contributed by atoms with van der Waals surface area (Å²) in [5.41, 5.74) is 5.00. The SMILES string of the molecule is NC(=O)c1ncn([C@@H]2O[C@H](COC(=O)CO)C(O)[C@H]2O)n1. The molecule has 1 unspecified atom stereocenters. The van der Waals surface area contributed by atoms with Crippen molar-refractivity contribution in [2.75, 3.05) is 13.2 Å². The number of carbonyl (C=O) groups excluding carboxylic acids is 2. The zero-order chi connectivity index (χ0) is 15.6. The summed E-state index contributed by atoms with van der Waals surface area (Å²) < 4.78 is 11.0. The molecule has 2 rings (SSSR count). The molecule has 1 aliphatic heterocycles. The van der Waals surface area contributed by atoms with Crippen LogP contribution in [0.1, 0.15) is 16.8 Å². The van der Waals surface area contributed by atoms with E-state index >= 15 is 0 Å². The Balaban J connectivity index is 2.04. The number of rotatable bonds is 5. The van der Waals surface area contributed by atoms with Crippen molar-refractivity contribution in [2.24, 2.45) is 5.73 Å². The van der Waals surface area contributed by atoms with E-state index in [1.165, 1.54) is 0 Å². The number of hydrogen-bond donors (Lipinski definition) is 4. The van der Waals surface area contributed by atoms with E-state index < -0.39 is 43.0 Å². The molecule has 21 heavy (non-hydrogen) atoms. The van der Waals surface area contributed by atoms with Gasteiger partial charge in [0.05, 0.1) is 0 Å². The summed E-state index contributed by atoms with van der Waals surface area (Å²) in [6, 6.07) is 0. The molecule has 4 atom stereocenters. The summed E-state index contributed by atoms with van der Waals surface area (Å²) in [5.74, 6) is -2.01. The molecule has 1 aromatic heterocycles. The summed E-state index contributed by atoms with van der Waals surface area (Å²) in [5, 5.41) is 31.9. The van der Waals surface area contributed by atoms with Crippen LogP contribution < -0.4 is 5.73 Å². The summed E-state index contributed by atoms with van der Waals surface area (Å²) in [6.07, 6.45) is -3.73. The van der Waals surface area contributed by atoms with Gasteiger partial charge in [-0.2, -0.15) is 0 Å². The van der Waals surface area contributed by atoms with Crippen molar-refractivity contribution in [3.8, 4) is 0 Å². The van der Waals surface area contributed by atoms with Crippen LogP contribution in [0, 0.1) is 0 Å². The fourth-order valence-corrected chi connectivity index (χ4v) is 1.82. The average molecular weight is 302 g/mol. The van der Waals surface area contributed by atoms with Gasteiger partial charge < -0.3 is 30.5 Å². The number of esters is 1. The van der Waals surface area contributed by atoms with Crippen LogP contribution in [0.4, 0.5) is 0 Å². The highest BCUT2D eigenvalue weighted by Crippen LogP contribution is 2.28. The molecule has 2 heterocycles. The number of aromatic nitrogens is 3. The second-order valence-corrected chi connectivity index (χ2v) is 4.30. The molecule has 1 amide bonds. The summed E-state index contributed by atoms with van der Waals surface area (Å²) in [7, 11) is 0. The largest absolute Gasteiger partial charge is 0.461 e. The van der Waals surface area contributed by atoms with E-state index in [2.05, 4.69) is 14.8 Å². The van der Waals surface area contributed by atoms with Gasteiger partial charge in [-0.1, -0.05) is 0 Å². The van der Waals surface area contributed by atoms with Crippen molar-refractivity contribution in [1.82, 2.24) is 14.8 Å². The number of aliphatic hydroxyl groups excluding tert-OH is 3. The Morgan fingerprint density at radius 1 is 1.43 bits per heavy atom. The molecule has 5 N–H and O–H groups in total. The zero-order valence-electron chi connectivity index (χ0n) is 10.7. The van der Waals surface area contributed by atoms with Crippen molar-refractivity contribution in [1.29, 1.82) is 0 Å². The molecule has 0 spiro atoms. The molecular weight excluding hydrogens is 288 g/mol. The van der Waals surface area contributed by atoms with Crippen LogP contribution >= 0.6 is 0 Å². The topological polar surface area (TPSA) is 170 Å². The predicted molar refractivity (Wildman–Crippen MR) is 62.5 cm³/mol. The molecule has 1 aromatic rings. The smallest absolute Gasteiger partial charge is 0.331 e. The molecule has 11 nitrogen and oxygen atoms in total. The Labute approximate surface area is 117 Å². The molecule has 0 aromatic carbocycles. The Hall–Kier alpha value is -2.08. The van der Waals surface area contributed by atoms with Gasteiger partial charge in [-0.15, -0.1) is 5.10 Å². The van der Waals surface area contributed by atoms with Gasteiger partial charge in [-0.25, -0.2) is 14.5 Å². The van der Waals surface area contributed by atoms with Gasteiger partial charge >= 0.3 is 5.97 Å². The first-order valence-corrected chi connectivity index (χ1v) is 5.93. The van der Waals surface area contributed by atoms with Crippen LogP contribution in [0.5, 0.6) is 0 Å². The summed E-state index contributed by atoms with van der Waals surface area (Å²) >= 11 is 0. The Morgan fingerprint density at radius 2 is 2.14 bits per heavy atom. The third-order valence-corrected chi connectivity index (χ3v) is 2.86. The van der Waals surface area contributed by atoms with Gasteiger partial charge in [0.2, 0.25) is 5.82 Å². The molecule has 0 bridgehead atoms. The first-order valence-electron chi connectivity index (χ1n) is 5.93. The lowest BCUT2D eigenvalue weighted by molar-refractivity contribution is -0.153. The van der Waals surface area contributed by atoms with E-state index in [1.54, 1.807) is 0 Å². The molecule has 1 fully saturated rings. The lowest BCUT2D eigenvalue weighted by Gasteiger charge is -2.14. The average Bonchev–Trinajstić information content (AvgIpc) is 3.04. The van der Waals surface area contributed by atoms with E-state index in [9.17, 15) is 19.8 Å². The predicted octanol–water partition coefficient (Wildman–Crippen LogP) is -3.47. The minimum atomic E-state index is -1.37. The quantitative estimate of drug-likeness (QED) is 0.403. The molecule has 0 radical (unpaired) electrons. The van der Waals surface area contributed by atoms with Gasteiger partial charge in [-0.3, -0.25) is 4.79 Å². The van der Waals surface area contributed by atoms with Crippen molar-refractivity contribution < 1.29 is 34.4 Å². The molecule has 0 saturated carbocycles. The summed E-state index contributed by atoms with van der Waals surface area (Å²) in [4.78, 5) is 25.4. The van der Waals surface area contributed by atoms with Gasteiger partial charge in [0, 0.05) is 0 Å². The Kier molecular flexibility index (Phi) is 4.47. The van der Waals surface area contributed by atoms with Crippen molar-refractivity contribution in [3.63, 3.8) is 0 Å². The van der Waals surface area contributed by atoms with Gasteiger partial charge in [0.1, 0.15) is 37.9 Å².